The monoisotopic (exact) mass is 337 g/mol. The zero-order valence-electron chi connectivity index (χ0n) is 13.1. The highest BCUT2D eigenvalue weighted by Gasteiger charge is 2.17. The summed E-state index contributed by atoms with van der Waals surface area (Å²) in [5.41, 5.74) is 5.51. The summed E-state index contributed by atoms with van der Waals surface area (Å²) in [6, 6.07) is 14.1. The van der Waals surface area contributed by atoms with Crippen LogP contribution in [0.25, 0.3) is 0 Å². The predicted octanol–water partition coefficient (Wildman–Crippen LogP) is 2.33. The standard InChI is InChI=1S/C18H15N3O4/c22-17(13-5-4-9-19-11-13)20-21-18(23)16-14(8-10-24-16)12-25-15-6-2-1-3-7-15/h1-11H,12H2,(H,20,22)(H,21,23). The van der Waals surface area contributed by atoms with E-state index in [1.165, 1.54) is 12.5 Å². The molecule has 0 aliphatic heterocycles. The van der Waals surface area contributed by atoms with Crippen molar-refractivity contribution in [1.29, 1.82) is 0 Å². The number of hydrogen-bond acceptors (Lipinski definition) is 5. The maximum atomic E-state index is 12.2. The summed E-state index contributed by atoms with van der Waals surface area (Å²) in [6.07, 6.45) is 4.34. The van der Waals surface area contributed by atoms with Crippen LogP contribution in [-0.4, -0.2) is 16.8 Å². The molecule has 0 radical (unpaired) electrons. The number of amides is 2. The Balaban J connectivity index is 1.58. The number of para-hydroxylation sites is 1. The maximum absolute atomic E-state index is 12.2. The van der Waals surface area contributed by atoms with Crippen molar-refractivity contribution in [2.75, 3.05) is 0 Å². The molecule has 1 aromatic carbocycles. The van der Waals surface area contributed by atoms with Crippen LogP contribution in [0.3, 0.4) is 0 Å². The van der Waals surface area contributed by atoms with Gasteiger partial charge in [-0.25, -0.2) is 0 Å². The first-order chi connectivity index (χ1) is 12.2. The van der Waals surface area contributed by atoms with Gasteiger partial charge in [-0.3, -0.25) is 25.4 Å². The van der Waals surface area contributed by atoms with Gasteiger partial charge in [-0.1, -0.05) is 18.2 Å². The van der Waals surface area contributed by atoms with E-state index in [-0.39, 0.29) is 12.4 Å². The minimum Gasteiger partial charge on any atom is -0.489 e. The Kier molecular flexibility index (Phi) is 5.06. The minimum atomic E-state index is -0.575. The molecule has 0 unspecified atom stereocenters. The maximum Gasteiger partial charge on any atom is 0.305 e. The molecule has 2 aromatic heterocycles. The number of rotatable bonds is 5. The van der Waals surface area contributed by atoms with Crippen molar-refractivity contribution in [2.45, 2.75) is 6.61 Å². The van der Waals surface area contributed by atoms with Crippen LogP contribution in [0.2, 0.25) is 0 Å². The third kappa shape index (κ3) is 4.23. The van der Waals surface area contributed by atoms with Crippen LogP contribution in [0.5, 0.6) is 5.75 Å². The molecule has 2 amide bonds. The molecule has 3 aromatic rings. The molecule has 2 heterocycles. The number of nitrogens with zero attached hydrogens (tertiary/aromatic N) is 1. The van der Waals surface area contributed by atoms with Gasteiger partial charge in [-0.05, 0) is 30.3 Å². The average Bonchev–Trinajstić information content (AvgIpc) is 3.14. The van der Waals surface area contributed by atoms with Gasteiger partial charge >= 0.3 is 5.91 Å². The summed E-state index contributed by atoms with van der Waals surface area (Å²) in [5.74, 6) is -0.300. The fraction of sp³-hybridized carbons (Fsp3) is 0.0556. The zero-order chi connectivity index (χ0) is 17.5. The van der Waals surface area contributed by atoms with Crippen LogP contribution in [0.15, 0.2) is 71.6 Å². The third-order valence-corrected chi connectivity index (χ3v) is 3.30. The van der Waals surface area contributed by atoms with E-state index in [4.69, 9.17) is 9.15 Å². The van der Waals surface area contributed by atoms with Gasteiger partial charge in [-0.15, -0.1) is 0 Å². The van der Waals surface area contributed by atoms with Gasteiger partial charge in [0.1, 0.15) is 12.4 Å². The molecule has 0 spiro atoms. The molecule has 3 rings (SSSR count). The van der Waals surface area contributed by atoms with Gasteiger partial charge in [-0.2, -0.15) is 0 Å². The second-order valence-corrected chi connectivity index (χ2v) is 5.03. The van der Waals surface area contributed by atoms with Crippen molar-refractivity contribution >= 4 is 11.8 Å². The van der Waals surface area contributed by atoms with Gasteiger partial charge in [0.25, 0.3) is 5.91 Å². The predicted molar refractivity (Wildman–Crippen MR) is 88.7 cm³/mol. The molecular formula is C18H15N3O4. The highest BCUT2D eigenvalue weighted by Crippen LogP contribution is 2.15. The first-order valence-electron chi connectivity index (χ1n) is 7.49. The fourth-order valence-corrected chi connectivity index (χ4v) is 2.07. The first kappa shape index (κ1) is 16.3. The Bertz CT molecular complexity index is 847. The molecule has 0 saturated carbocycles. The molecule has 0 atom stereocenters. The molecule has 0 fully saturated rings. The summed E-state index contributed by atoms with van der Waals surface area (Å²) >= 11 is 0. The minimum absolute atomic E-state index is 0.0717. The molecular weight excluding hydrogens is 322 g/mol. The summed E-state index contributed by atoms with van der Waals surface area (Å²) in [4.78, 5) is 27.9. The molecule has 7 nitrogen and oxygen atoms in total. The lowest BCUT2D eigenvalue weighted by Gasteiger charge is -2.08. The van der Waals surface area contributed by atoms with Crippen molar-refractivity contribution in [1.82, 2.24) is 15.8 Å². The van der Waals surface area contributed by atoms with Crippen LogP contribution >= 0.6 is 0 Å². The Hall–Kier alpha value is -3.61. The van der Waals surface area contributed by atoms with Gasteiger partial charge in [0, 0.05) is 18.0 Å². The number of carbonyl (C=O) groups is 2. The Morgan fingerprint density at radius 1 is 1.00 bits per heavy atom. The van der Waals surface area contributed by atoms with E-state index in [9.17, 15) is 9.59 Å². The van der Waals surface area contributed by atoms with Crippen molar-refractivity contribution in [3.05, 3.63) is 84.1 Å². The zero-order valence-corrected chi connectivity index (χ0v) is 13.1. The first-order valence-corrected chi connectivity index (χ1v) is 7.49. The van der Waals surface area contributed by atoms with E-state index in [1.54, 1.807) is 24.4 Å². The molecule has 126 valence electrons. The molecule has 7 heteroatoms. The SMILES string of the molecule is O=C(NNC(=O)c1occc1COc1ccccc1)c1cccnc1. The van der Waals surface area contributed by atoms with Crippen molar-refractivity contribution in [3.8, 4) is 5.75 Å². The lowest BCUT2D eigenvalue weighted by molar-refractivity contribution is 0.0828. The number of hydrazine groups is 1. The molecule has 0 saturated heterocycles. The number of benzene rings is 1. The van der Waals surface area contributed by atoms with Crippen molar-refractivity contribution in [2.24, 2.45) is 0 Å². The summed E-state index contributed by atoms with van der Waals surface area (Å²) in [6.45, 7) is 0.166. The molecule has 25 heavy (non-hydrogen) atoms. The van der Waals surface area contributed by atoms with Gasteiger partial charge < -0.3 is 9.15 Å². The molecule has 0 aliphatic rings. The lowest BCUT2D eigenvalue weighted by atomic mass is 10.2. The topological polar surface area (TPSA) is 93.5 Å². The summed E-state index contributed by atoms with van der Waals surface area (Å²) in [5, 5.41) is 0. The van der Waals surface area contributed by atoms with Gasteiger partial charge in [0.2, 0.25) is 0 Å². The van der Waals surface area contributed by atoms with E-state index in [0.29, 0.717) is 16.9 Å². The number of aromatic nitrogens is 1. The highest BCUT2D eigenvalue weighted by molar-refractivity contribution is 5.98. The smallest absolute Gasteiger partial charge is 0.305 e. The largest absolute Gasteiger partial charge is 0.489 e. The van der Waals surface area contributed by atoms with Crippen molar-refractivity contribution < 1.29 is 18.7 Å². The van der Waals surface area contributed by atoms with Crippen LogP contribution in [0.1, 0.15) is 26.5 Å². The van der Waals surface area contributed by atoms with Crippen molar-refractivity contribution in [3.63, 3.8) is 0 Å². The Morgan fingerprint density at radius 2 is 1.80 bits per heavy atom. The molecule has 0 aliphatic carbocycles. The molecule has 0 bridgehead atoms. The number of hydrogen-bond donors (Lipinski definition) is 2. The summed E-state index contributed by atoms with van der Waals surface area (Å²) in [7, 11) is 0. The van der Waals surface area contributed by atoms with E-state index in [1.807, 2.05) is 30.3 Å². The lowest BCUT2D eigenvalue weighted by Crippen LogP contribution is -2.41. The normalized spacial score (nSPS) is 10.1. The third-order valence-electron chi connectivity index (χ3n) is 3.30. The van der Waals surface area contributed by atoms with Crippen LogP contribution < -0.4 is 15.6 Å². The van der Waals surface area contributed by atoms with E-state index in [0.717, 1.165) is 0 Å². The number of carbonyl (C=O) groups excluding carboxylic acids is 2. The fourth-order valence-electron chi connectivity index (χ4n) is 2.07. The van der Waals surface area contributed by atoms with Gasteiger partial charge in [0.05, 0.1) is 11.8 Å². The summed E-state index contributed by atoms with van der Waals surface area (Å²) < 4.78 is 10.8. The number of pyridine rings is 1. The Labute approximate surface area is 143 Å². The highest BCUT2D eigenvalue weighted by atomic mass is 16.5. The van der Waals surface area contributed by atoms with Crippen LogP contribution in [-0.2, 0) is 6.61 Å². The second kappa shape index (κ2) is 7.78. The van der Waals surface area contributed by atoms with E-state index >= 15 is 0 Å². The second-order valence-electron chi connectivity index (χ2n) is 5.03. The van der Waals surface area contributed by atoms with E-state index < -0.39 is 11.8 Å². The van der Waals surface area contributed by atoms with Gasteiger partial charge in [0.15, 0.2) is 5.76 Å². The molecule has 2 N–H and O–H groups in total. The van der Waals surface area contributed by atoms with E-state index in [2.05, 4.69) is 15.8 Å². The number of furan rings is 1. The van der Waals surface area contributed by atoms with Crippen LogP contribution in [0, 0.1) is 0 Å². The number of ether oxygens (including phenoxy) is 1. The van der Waals surface area contributed by atoms with Crippen LogP contribution in [0.4, 0.5) is 0 Å². The Morgan fingerprint density at radius 3 is 2.56 bits per heavy atom. The quantitative estimate of drug-likeness (QED) is 0.697. The average molecular weight is 337 g/mol. The number of nitrogens with one attached hydrogen (secondary N) is 2.